The molecule has 0 fully saturated rings. The van der Waals surface area contributed by atoms with Gasteiger partial charge in [-0.1, -0.05) is 42.0 Å². The molecular formula is C19H21FN2O2. The molecule has 2 aromatic carbocycles. The van der Waals surface area contributed by atoms with Gasteiger partial charge < -0.3 is 10.2 Å². The summed E-state index contributed by atoms with van der Waals surface area (Å²) in [4.78, 5) is 25.4. The number of nitrogens with one attached hydrogen (secondary N) is 1. The Morgan fingerprint density at radius 1 is 1.08 bits per heavy atom. The average molecular weight is 328 g/mol. The predicted octanol–water partition coefficient (Wildman–Crippen LogP) is 2.80. The first-order chi connectivity index (χ1) is 11.4. The number of hydrogen-bond donors (Lipinski definition) is 1. The van der Waals surface area contributed by atoms with E-state index in [0.29, 0.717) is 13.1 Å². The fraction of sp³-hybridized carbons (Fsp3) is 0.263. The maximum Gasteiger partial charge on any atom is 0.239 e. The molecular weight excluding hydrogens is 307 g/mol. The number of carbonyl (C=O) groups is 2. The number of amides is 2. The summed E-state index contributed by atoms with van der Waals surface area (Å²) in [5.74, 6) is -0.721. The van der Waals surface area contributed by atoms with Crippen LogP contribution in [-0.4, -0.2) is 23.3 Å². The van der Waals surface area contributed by atoms with Crippen LogP contribution in [0, 0.1) is 12.7 Å². The Balaban J connectivity index is 1.91. The molecule has 0 bridgehead atoms. The Morgan fingerprint density at radius 3 is 2.42 bits per heavy atom. The van der Waals surface area contributed by atoms with Gasteiger partial charge in [0, 0.05) is 20.0 Å². The van der Waals surface area contributed by atoms with Gasteiger partial charge in [-0.25, -0.2) is 4.39 Å². The molecule has 0 aliphatic heterocycles. The van der Waals surface area contributed by atoms with Crippen molar-refractivity contribution in [3.05, 3.63) is 71.0 Å². The summed E-state index contributed by atoms with van der Waals surface area (Å²) >= 11 is 0. The highest BCUT2D eigenvalue weighted by molar-refractivity contribution is 5.83. The summed E-state index contributed by atoms with van der Waals surface area (Å²) < 4.78 is 12.9. The van der Waals surface area contributed by atoms with Gasteiger partial charge in [-0.15, -0.1) is 0 Å². The maximum absolute atomic E-state index is 12.9. The van der Waals surface area contributed by atoms with Gasteiger partial charge in [-0.3, -0.25) is 9.59 Å². The van der Waals surface area contributed by atoms with Gasteiger partial charge in [0.2, 0.25) is 11.8 Å². The highest BCUT2D eigenvalue weighted by Gasteiger charge is 2.14. The van der Waals surface area contributed by atoms with Crippen LogP contribution in [0.5, 0.6) is 0 Å². The second-order valence-corrected chi connectivity index (χ2v) is 5.77. The molecule has 0 radical (unpaired) electrons. The molecule has 0 aromatic heterocycles. The third-order valence-electron chi connectivity index (χ3n) is 3.64. The van der Waals surface area contributed by atoms with Gasteiger partial charge in [-0.05, 0) is 30.2 Å². The van der Waals surface area contributed by atoms with E-state index in [9.17, 15) is 14.0 Å². The Hall–Kier alpha value is -2.69. The minimum absolute atomic E-state index is 0.00945. The minimum atomic E-state index is -0.314. The lowest BCUT2D eigenvalue weighted by Gasteiger charge is -2.21. The highest BCUT2D eigenvalue weighted by atomic mass is 19.1. The first-order valence-electron chi connectivity index (χ1n) is 7.76. The number of benzene rings is 2. The van der Waals surface area contributed by atoms with Crippen LogP contribution >= 0.6 is 0 Å². The molecule has 24 heavy (non-hydrogen) atoms. The van der Waals surface area contributed by atoms with Crippen LogP contribution in [0.3, 0.4) is 0 Å². The Morgan fingerprint density at radius 2 is 1.79 bits per heavy atom. The van der Waals surface area contributed by atoms with Gasteiger partial charge >= 0.3 is 0 Å². The smallest absolute Gasteiger partial charge is 0.239 e. The largest absolute Gasteiger partial charge is 0.350 e. The number of halogens is 1. The molecule has 0 saturated heterocycles. The number of rotatable bonds is 6. The lowest BCUT2D eigenvalue weighted by molar-refractivity contribution is -0.135. The Kier molecular flexibility index (Phi) is 6.07. The zero-order chi connectivity index (χ0) is 17.5. The number of carbonyl (C=O) groups excluding carboxylic acids is 2. The normalized spacial score (nSPS) is 10.3. The molecule has 2 amide bonds. The van der Waals surface area contributed by atoms with Gasteiger partial charge in [0.1, 0.15) is 5.82 Å². The molecule has 2 aromatic rings. The predicted molar refractivity (Wildman–Crippen MR) is 90.5 cm³/mol. The van der Waals surface area contributed by atoms with Gasteiger partial charge in [0.25, 0.3) is 0 Å². The summed E-state index contributed by atoms with van der Waals surface area (Å²) in [5.41, 5.74) is 2.89. The van der Waals surface area contributed by atoms with E-state index in [4.69, 9.17) is 0 Å². The first-order valence-corrected chi connectivity index (χ1v) is 7.76. The van der Waals surface area contributed by atoms with E-state index >= 15 is 0 Å². The number of nitrogens with zero attached hydrogens (tertiary/aromatic N) is 1. The minimum Gasteiger partial charge on any atom is -0.350 e. The van der Waals surface area contributed by atoms with E-state index in [1.54, 1.807) is 12.1 Å². The molecule has 1 N–H and O–H groups in total. The van der Waals surface area contributed by atoms with Crippen molar-refractivity contribution in [1.29, 1.82) is 0 Å². The molecule has 126 valence electrons. The van der Waals surface area contributed by atoms with Crippen LogP contribution < -0.4 is 5.32 Å². The van der Waals surface area contributed by atoms with E-state index in [0.717, 1.165) is 16.7 Å². The first kappa shape index (κ1) is 17.7. The molecule has 0 aliphatic carbocycles. The van der Waals surface area contributed by atoms with Crippen LogP contribution in [0.2, 0.25) is 0 Å². The van der Waals surface area contributed by atoms with Crippen LogP contribution in [0.25, 0.3) is 0 Å². The standard InChI is InChI=1S/C19H21FN2O2/c1-14-4-3-5-17(10-14)12-22(15(2)23)13-19(24)21-11-16-6-8-18(20)9-7-16/h3-10H,11-13H2,1-2H3,(H,21,24). The van der Waals surface area contributed by atoms with Crippen molar-refractivity contribution in [1.82, 2.24) is 10.2 Å². The lowest BCUT2D eigenvalue weighted by atomic mass is 10.1. The van der Waals surface area contributed by atoms with Crippen LogP contribution in [0.1, 0.15) is 23.6 Å². The molecule has 5 heteroatoms. The Labute approximate surface area is 141 Å². The highest BCUT2D eigenvalue weighted by Crippen LogP contribution is 2.08. The SMILES string of the molecule is CC(=O)N(CC(=O)NCc1ccc(F)cc1)Cc1cccc(C)c1. The molecule has 0 heterocycles. The zero-order valence-corrected chi connectivity index (χ0v) is 13.9. The van der Waals surface area contributed by atoms with Crippen molar-refractivity contribution in [3.8, 4) is 0 Å². The third kappa shape index (κ3) is 5.50. The summed E-state index contributed by atoms with van der Waals surface area (Å²) in [5, 5.41) is 2.75. The van der Waals surface area contributed by atoms with Gasteiger partial charge in [-0.2, -0.15) is 0 Å². The molecule has 0 spiro atoms. The van der Waals surface area contributed by atoms with Crippen molar-refractivity contribution >= 4 is 11.8 Å². The second-order valence-electron chi connectivity index (χ2n) is 5.77. The topological polar surface area (TPSA) is 49.4 Å². The Bertz CT molecular complexity index is 714. The van der Waals surface area contributed by atoms with Crippen LogP contribution in [0.15, 0.2) is 48.5 Å². The van der Waals surface area contributed by atoms with Crippen molar-refractivity contribution in [2.75, 3.05) is 6.54 Å². The third-order valence-corrected chi connectivity index (χ3v) is 3.64. The molecule has 2 rings (SSSR count). The molecule has 0 saturated carbocycles. The molecule has 4 nitrogen and oxygen atoms in total. The fourth-order valence-electron chi connectivity index (χ4n) is 2.34. The monoisotopic (exact) mass is 328 g/mol. The molecule has 0 aliphatic rings. The second kappa shape index (κ2) is 8.24. The van der Waals surface area contributed by atoms with E-state index in [1.807, 2.05) is 31.2 Å². The van der Waals surface area contributed by atoms with Gasteiger partial charge in [0.15, 0.2) is 0 Å². The summed E-state index contributed by atoms with van der Waals surface area (Å²) in [6, 6.07) is 13.8. The summed E-state index contributed by atoms with van der Waals surface area (Å²) in [6.07, 6.45) is 0. The number of aryl methyl sites for hydroxylation is 1. The van der Waals surface area contributed by atoms with Crippen LogP contribution in [0.4, 0.5) is 4.39 Å². The summed E-state index contributed by atoms with van der Waals surface area (Å²) in [6.45, 7) is 4.11. The van der Waals surface area contributed by atoms with Crippen molar-refractivity contribution in [2.24, 2.45) is 0 Å². The van der Waals surface area contributed by atoms with E-state index < -0.39 is 0 Å². The van der Waals surface area contributed by atoms with Crippen molar-refractivity contribution in [3.63, 3.8) is 0 Å². The van der Waals surface area contributed by atoms with E-state index in [2.05, 4.69) is 5.32 Å². The average Bonchev–Trinajstić information content (AvgIpc) is 2.53. The lowest BCUT2D eigenvalue weighted by Crippen LogP contribution is -2.39. The number of hydrogen-bond acceptors (Lipinski definition) is 2. The van der Waals surface area contributed by atoms with Crippen LogP contribution in [-0.2, 0) is 22.7 Å². The van der Waals surface area contributed by atoms with E-state index in [1.165, 1.54) is 24.0 Å². The quantitative estimate of drug-likeness (QED) is 0.886. The molecule has 0 unspecified atom stereocenters. The summed E-state index contributed by atoms with van der Waals surface area (Å²) in [7, 11) is 0. The molecule has 0 atom stereocenters. The zero-order valence-electron chi connectivity index (χ0n) is 13.9. The maximum atomic E-state index is 12.9. The fourth-order valence-corrected chi connectivity index (χ4v) is 2.34. The van der Waals surface area contributed by atoms with Crippen molar-refractivity contribution < 1.29 is 14.0 Å². The van der Waals surface area contributed by atoms with E-state index in [-0.39, 0.29) is 24.2 Å². The van der Waals surface area contributed by atoms with Gasteiger partial charge in [0.05, 0.1) is 6.54 Å². The van der Waals surface area contributed by atoms with Crippen molar-refractivity contribution in [2.45, 2.75) is 26.9 Å².